The molecule has 82 valence electrons. The summed E-state index contributed by atoms with van der Waals surface area (Å²) in [4.78, 5) is 12.9. The summed E-state index contributed by atoms with van der Waals surface area (Å²) in [5, 5.41) is 15.4. The number of nitrogens with one attached hydrogen (secondary N) is 1. The molecule has 2 rings (SSSR count). The first kappa shape index (κ1) is 10.2. The third-order valence-electron chi connectivity index (χ3n) is 2.95. The highest BCUT2D eigenvalue weighted by Gasteiger charge is 2.23. The van der Waals surface area contributed by atoms with Gasteiger partial charge in [0.15, 0.2) is 5.69 Å². The third-order valence-corrected chi connectivity index (χ3v) is 2.95. The minimum absolute atomic E-state index is 0.101. The summed E-state index contributed by atoms with van der Waals surface area (Å²) in [5.41, 5.74) is 1.01. The van der Waals surface area contributed by atoms with Crippen molar-refractivity contribution >= 4 is 5.97 Å². The van der Waals surface area contributed by atoms with Crippen LogP contribution < -0.4 is 0 Å². The normalized spacial score (nSPS) is 22.9. The molecule has 0 aliphatic carbocycles. The van der Waals surface area contributed by atoms with E-state index < -0.39 is 5.97 Å². The summed E-state index contributed by atoms with van der Waals surface area (Å²) in [6, 6.07) is 1.92. The minimum atomic E-state index is -0.976. The lowest BCUT2D eigenvalue weighted by Gasteiger charge is -2.31. The van der Waals surface area contributed by atoms with Crippen LogP contribution in [0.2, 0.25) is 0 Å². The van der Waals surface area contributed by atoms with Crippen molar-refractivity contribution < 1.29 is 9.90 Å². The topological polar surface area (TPSA) is 69.2 Å². The number of rotatable bonds is 2. The zero-order valence-electron chi connectivity index (χ0n) is 8.73. The van der Waals surface area contributed by atoms with E-state index in [1.165, 1.54) is 12.8 Å². The van der Waals surface area contributed by atoms with E-state index in [-0.39, 0.29) is 5.69 Å². The molecule has 0 bridgehead atoms. The first-order chi connectivity index (χ1) is 7.18. The number of carboxylic acid groups (broad SMARTS) is 1. The Labute approximate surface area is 88.1 Å². The highest BCUT2D eigenvalue weighted by atomic mass is 16.4. The van der Waals surface area contributed by atoms with Gasteiger partial charge in [-0.3, -0.25) is 10.00 Å². The molecule has 1 aromatic rings. The monoisotopic (exact) mass is 209 g/mol. The van der Waals surface area contributed by atoms with E-state index in [9.17, 15) is 4.79 Å². The lowest BCUT2D eigenvalue weighted by molar-refractivity contribution is 0.0690. The summed E-state index contributed by atoms with van der Waals surface area (Å²) < 4.78 is 0. The van der Waals surface area contributed by atoms with Gasteiger partial charge in [-0.05, 0) is 32.5 Å². The Balaban J connectivity index is 2.17. The Morgan fingerprint density at radius 3 is 3.07 bits per heavy atom. The fourth-order valence-corrected chi connectivity index (χ4v) is 2.08. The third kappa shape index (κ3) is 2.02. The van der Waals surface area contributed by atoms with Gasteiger partial charge in [-0.25, -0.2) is 4.79 Å². The maximum Gasteiger partial charge on any atom is 0.356 e. The van der Waals surface area contributed by atoms with Crippen molar-refractivity contribution in [3.63, 3.8) is 0 Å². The maximum absolute atomic E-state index is 10.7. The molecule has 0 saturated carbocycles. The lowest BCUT2D eigenvalue weighted by Crippen LogP contribution is -2.29. The molecule has 1 aromatic heterocycles. The van der Waals surface area contributed by atoms with Crippen LogP contribution in [0.15, 0.2) is 6.07 Å². The smallest absolute Gasteiger partial charge is 0.356 e. The van der Waals surface area contributed by atoms with E-state index in [1.54, 1.807) is 6.07 Å². The van der Waals surface area contributed by atoms with Crippen LogP contribution in [0, 0.1) is 0 Å². The molecule has 0 radical (unpaired) electrons. The zero-order chi connectivity index (χ0) is 10.8. The van der Waals surface area contributed by atoms with E-state index in [4.69, 9.17) is 5.11 Å². The maximum atomic E-state index is 10.7. The first-order valence-corrected chi connectivity index (χ1v) is 5.17. The van der Waals surface area contributed by atoms with Crippen LogP contribution in [0.3, 0.4) is 0 Å². The molecule has 5 nitrogen and oxygen atoms in total. The molecule has 5 heteroatoms. The van der Waals surface area contributed by atoms with E-state index in [2.05, 4.69) is 22.1 Å². The van der Waals surface area contributed by atoms with Crippen LogP contribution in [0.4, 0.5) is 0 Å². The molecule has 1 aliphatic heterocycles. The molecular formula is C10H15N3O2. The van der Waals surface area contributed by atoms with Gasteiger partial charge in [-0.15, -0.1) is 0 Å². The molecule has 1 atom stereocenters. The van der Waals surface area contributed by atoms with Crippen LogP contribution in [0.5, 0.6) is 0 Å². The Morgan fingerprint density at radius 1 is 1.67 bits per heavy atom. The van der Waals surface area contributed by atoms with E-state index in [1.807, 2.05) is 0 Å². The van der Waals surface area contributed by atoms with Crippen LogP contribution in [0.25, 0.3) is 0 Å². The number of hydrogen-bond donors (Lipinski definition) is 2. The van der Waals surface area contributed by atoms with Gasteiger partial charge in [0.05, 0.1) is 11.7 Å². The summed E-state index contributed by atoms with van der Waals surface area (Å²) in [5.74, 6) is -0.976. The van der Waals surface area contributed by atoms with Gasteiger partial charge in [0, 0.05) is 0 Å². The number of aromatic amines is 1. The van der Waals surface area contributed by atoms with Crippen LogP contribution in [-0.2, 0) is 0 Å². The van der Waals surface area contributed by atoms with Crippen molar-refractivity contribution in [1.82, 2.24) is 15.1 Å². The van der Waals surface area contributed by atoms with E-state index >= 15 is 0 Å². The van der Waals surface area contributed by atoms with Gasteiger partial charge >= 0.3 is 5.97 Å². The molecule has 1 saturated heterocycles. The van der Waals surface area contributed by atoms with Crippen molar-refractivity contribution in [2.24, 2.45) is 0 Å². The highest BCUT2D eigenvalue weighted by Crippen LogP contribution is 2.28. The quantitative estimate of drug-likeness (QED) is 0.769. The molecule has 2 N–H and O–H groups in total. The minimum Gasteiger partial charge on any atom is -0.476 e. The second kappa shape index (κ2) is 4.02. The van der Waals surface area contributed by atoms with Gasteiger partial charge in [0.25, 0.3) is 0 Å². The largest absolute Gasteiger partial charge is 0.476 e. The summed E-state index contributed by atoms with van der Waals surface area (Å²) in [6.07, 6.45) is 3.47. The number of likely N-dealkylation sites (tertiary alicyclic amines) is 1. The number of nitrogens with zero attached hydrogens (tertiary/aromatic N) is 2. The molecule has 0 aromatic carbocycles. The van der Waals surface area contributed by atoms with Crippen LogP contribution in [-0.4, -0.2) is 39.8 Å². The Kier molecular flexibility index (Phi) is 2.73. The average molecular weight is 209 g/mol. The molecule has 1 fully saturated rings. The van der Waals surface area contributed by atoms with Crippen LogP contribution >= 0.6 is 0 Å². The summed E-state index contributed by atoms with van der Waals surface area (Å²) in [6.45, 7) is 1.06. The molecular weight excluding hydrogens is 194 g/mol. The second-order valence-corrected chi connectivity index (χ2v) is 4.01. The average Bonchev–Trinajstić information content (AvgIpc) is 2.67. The molecule has 0 spiro atoms. The lowest BCUT2D eigenvalue weighted by atomic mass is 10.00. The number of carbonyl (C=O) groups is 1. The predicted octanol–water partition coefficient (Wildman–Crippen LogP) is 1.26. The van der Waals surface area contributed by atoms with Crippen molar-refractivity contribution in [1.29, 1.82) is 0 Å². The number of aromatic nitrogens is 2. The predicted molar refractivity (Wildman–Crippen MR) is 54.8 cm³/mol. The van der Waals surface area contributed by atoms with Crippen molar-refractivity contribution in [2.45, 2.75) is 25.3 Å². The van der Waals surface area contributed by atoms with Gasteiger partial charge in [0.2, 0.25) is 0 Å². The Bertz CT molecular complexity index is 361. The van der Waals surface area contributed by atoms with Crippen molar-refractivity contribution in [2.75, 3.05) is 13.6 Å². The fraction of sp³-hybridized carbons (Fsp3) is 0.600. The van der Waals surface area contributed by atoms with Gasteiger partial charge in [0.1, 0.15) is 0 Å². The molecule has 2 heterocycles. The number of piperidine rings is 1. The summed E-state index contributed by atoms with van der Waals surface area (Å²) >= 11 is 0. The van der Waals surface area contributed by atoms with Crippen molar-refractivity contribution in [3.05, 3.63) is 17.5 Å². The van der Waals surface area contributed by atoms with Gasteiger partial charge in [-0.2, -0.15) is 5.10 Å². The zero-order valence-corrected chi connectivity index (χ0v) is 8.73. The molecule has 1 aliphatic rings. The van der Waals surface area contributed by atoms with Gasteiger partial charge < -0.3 is 5.11 Å². The molecule has 1 unspecified atom stereocenters. The Morgan fingerprint density at radius 2 is 2.47 bits per heavy atom. The van der Waals surface area contributed by atoms with Crippen LogP contribution in [0.1, 0.15) is 41.5 Å². The number of carboxylic acids is 1. The number of H-pyrrole nitrogens is 1. The van der Waals surface area contributed by atoms with Gasteiger partial charge in [-0.1, -0.05) is 6.42 Å². The SMILES string of the molecule is CN1CCCCC1c1cc(C(=O)O)n[nH]1. The van der Waals surface area contributed by atoms with Crippen molar-refractivity contribution in [3.8, 4) is 0 Å². The van der Waals surface area contributed by atoms with E-state index in [0.29, 0.717) is 6.04 Å². The standard InChI is InChI=1S/C10H15N3O2/c1-13-5-3-2-4-9(13)7-6-8(10(14)15)12-11-7/h6,9H,2-5H2,1H3,(H,11,12)(H,14,15). The second-order valence-electron chi connectivity index (χ2n) is 4.01. The first-order valence-electron chi connectivity index (χ1n) is 5.17. The fourth-order valence-electron chi connectivity index (χ4n) is 2.08. The molecule has 15 heavy (non-hydrogen) atoms. The number of hydrogen-bond acceptors (Lipinski definition) is 3. The summed E-state index contributed by atoms with van der Waals surface area (Å²) in [7, 11) is 2.06. The number of aromatic carboxylic acids is 1. The highest BCUT2D eigenvalue weighted by molar-refractivity contribution is 5.85. The molecule has 0 amide bonds. The Hall–Kier alpha value is -1.36. The van der Waals surface area contributed by atoms with E-state index in [0.717, 1.165) is 18.7 Å².